The van der Waals surface area contributed by atoms with Crippen molar-refractivity contribution in [2.24, 2.45) is 0 Å². The smallest absolute Gasteiger partial charge is 0.336 e. The second kappa shape index (κ2) is 5.93. The fraction of sp³-hybridized carbons (Fsp3) is 0.167. The SMILES string of the molecule is COC(=O)C1=C(Nc2ccc(OC)cc2)c2ccccc2C1. The lowest BCUT2D eigenvalue weighted by Gasteiger charge is -2.11. The quantitative estimate of drug-likeness (QED) is 0.880. The Bertz CT molecular complexity index is 732. The molecule has 2 aromatic carbocycles. The van der Waals surface area contributed by atoms with Crippen LogP contribution in [0.4, 0.5) is 5.69 Å². The molecule has 1 aliphatic carbocycles. The molecule has 1 aliphatic rings. The summed E-state index contributed by atoms with van der Waals surface area (Å²) in [4.78, 5) is 12.0. The Hall–Kier alpha value is -2.75. The van der Waals surface area contributed by atoms with E-state index in [0.717, 1.165) is 28.3 Å². The van der Waals surface area contributed by atoms with Gasteiger partial charge in [0.25, 0.3) is 0 Å². The van der Waals surface area contributed by atoms with E-state index in [1.807, 2.05) is 48.5 Å². The summed E-state index contributed by atoms with van der Waals surface area (Å²) in [6.07, 6.45) is 0.585. The van der Waals surface area contributed by atoms with Gasteiger partial charge in [0, 0.05) is 17.7 Å². The number of anilines is 1. The van der Waals surface area contributed by atoms with Crippen molar-refractivity contribution in [1.82, 2.24) is 0 Å². The molecule has 0 atom stereocenters. The van der Waals surface area contributed by atoms with E-state index < -0.39 is 0 Å². The van der Waals surface area contributed by atoms with Crippen LogP contribution in [0.3, 0.4) is 0 Å². The molecule has 3 rings (SSSR count). The van der Waals surface area contributed by atoms with Crippen LogP contribution >= 0.6 is 0 Å². The predicted octanol–water partition coefficient (Wildman–Crippen LogP) is 3.25. The maximum atomic E-state index is 12.0. The maximum absolute atomic E-state index is 12.0. The Morgan fingerprint density at radius 2 is 1.77 bits per heavy atom. The number of ether oxygens (including phenoxy) is 2. The number of rotatable bonds is 4. The zero-order valence-corrected chi connectivity index (χ0v) is 12.6. The minimum Gasteiger partial charge on any atom is -0.497 e. The van der Waals surface area contributed by atoms with E-state index in [2.05, 4.69) is 5.32 Å². The first kappa shape index (κ1) is 14.2. The van der Waals surface area contributed by atoms with Crippen molar-refractivity contribution >= 4 is 17.4 Å². The minimum absolute atomic E-state index is 0.299. The molecule has 4 nitrogen and oxygen atoms in total. The first-order chi connectivity index (χ1) is 10.7. The van der Waals surface area contributed by atoms with Gasteiger partial charge in [0.05, 0.1) is 25.5 Å². The molecule has 0 aromatic heterocycles. The Morgan fingerprint density at radius 1 is 1.05 bits per heavy atom. The van der Waals surface area contributed by atoms with Gasteiger partial charge in [-0.15, -0.1) is 0 Å². The van der Waals surface area contributed by atoms with Crippen LogP contribution in [-0.4, -0.2) is 20.2 Å². The highest BCUT2D eigenvalue weighted by Gasteiger charge is 2.26. The van der Waals surface area contributed by atoms with Crippen LogP contribution < -0.4 is 10.1 Å². The first-order valence-corrected chi connectivity index (χ1v) is 7.03. The molecule has 112 valence electrons. The summed E-state index contributed by atoms with van der Waals surface area (Å²) in [5, 5.41) is 3.34. The third kappa shape index (κ3) is 2.55. The zero-order valence-electron chi connectivity index (χ0n) is 12.6. The highest BCUT2D eigenvalue weighted by Crippen LogP contribution is 2.34. The zero-order chi connectivity index (χ0) is 15.5. The van der Waals surface area contributed by atoms with Gasteiger partial charge in [0.2, 0.25) is 0 Å². The Kier molecular flexibility index (Phi) is 3.83. The predicted molar refractivity (Wildman–Crippen MR) is 85.7 cm³/mol. The lowest BCUT2D eigenvalue weighted by Crippen LogP contribution is -2.09. The number of nitrogens with one attached hydrogen (secondary N) is 1. The molecule has 0 aliphatic heterocycles. The van der Waals surface area contributed by atoms with Gasteiger partial charge in [-0.2, -0.15) is 0 Å². The van der Waals surface area contributed by atoms with Gasteiger partial charge in [-0.1, -0.05) is 24.3 Å². The molecular formula is C18H17NO3. The molecular weight excluding hydrogens is 278 g/mol. The van der Waals surface area contributed by atoms with Gasteiger partial charge in [-0.25, -0.2) is 4.79 Å². The number of hydrogen-bond acceptors (Lipinski definition) is 4. The molecule has 0 saturated carbocycles. The minimum atomic E-state index is -0.299. The van der Waals surface area contributed by atoms with Gasteiger partial charge >= 0.3 is 5.97 Å². The number of hydrogen-bond donors (Lipinski definition) is 1. The number of carbonyl (C=O) groups is 1. The van der Waals surface area contributed by atoms with Crippen LogP contribution in [-0.2, 0) is 16.0 Å². The summed E-state index contributed by atoms with van der Waals surface area (Å²) in [5.41, 5.74) is 4.53. The maximum Gasteiger partial charge on any atom is 0.336 e. The van der Waals surface area contributed by atoms with Crippen LogP contribution in [0.5, 0.6) is 5.75 Å². The third-order valence-corrected chi connectivity index (χ3v) is 3.75. The lowest BCUT2D eigenvalue weighted by atomic mass is 10.1. The third-order valence-electron chi connectivity index (χ3n) is 3.75. The van der Waals surface area contributed by atoms with E-state index in [1.54, 1.807) is 7.11 Å². The van der Waals surface area contributed by atoms with E-state index in [0.29, 0.717) is 12.0 Å². The van der Waals surface area contributed by atoms with Crippen molar-refractivity contribution in [2.45, 2.75) is 6.42 Å². The van der Waals surface area contributed by atoms with Crippen LogP contribution in [0.15, 0.2) is 54.1 Å². The molecule has 2 aromatic rings. The standard InChI is InChI=1S/C18H17NO3/c1-21-14-9-7-13(8-10-14)19-17-15-6-4-3-5-12(15)11-16(17)18(20)22-2/h3-10,19H,11H2,1-2H3. The summed E-state index contributed by atoms with van der Waals surface area (Å²) in [6.45, 7) is 0. The molecule has 0 amide bonds. The van der Waals surface area contributed by atoms with E-state index in [1.165, 1.54) is 7.11 Å². The van der Waals surface area contributed by atoms with E-state index in [-0.39, 0.29) is 5.97 Å². The molecule has 0 spiro atoms. The summed E-state index contributed by atoms with van der Waals surface area (Å²) in [5.74, 6) is 0.492. The van der Waals surface area contributed by atoms with Crippen LogP contribution in [0.1, 0.15) is 11.1 Å². The molecule has 0 radical (unpaired) electrons. The summed E-state index contributed by atoms with van der Waals surface area (Å²) in [7, 11) is 3.04. The van der Waals surface area contributed by atoms with Gasteiger partial charge in [-0.05, 0) is 29.8 Å². The van der Waals surface area contributed by atoms with Crippen LogP contribution in [0, 0.1) is 0 Å². The molecule has 0 saturated heterocycles. The van der Waals surface area contributed by atoms with Crippen molar-refractivity contribution in [3.05, 3.63) is 65.2 Å². The average Bonchev–Trinajstić information content (AvgIpc) is 2.93. The number of fused-ring (bicyclic) bond motifs is 1. The Morgan fingerprint density at radius 3 is 2.45 bits per heavy atom. The number of carbonyl (C=O) groups excluding carboxylic acids is 1. The molecule has 0 fully saturated rings. The van der Waals surface area contributed by atoms with Crippen LogP contribution in [0.25, 0.3) is 5.70 Å². The van der Waals surface area contributed by atoms with E-state index in [4.69, 9.17) is 9.47 Å². The van der Waals surface area contributed by atoms with Crippen molar-refractivity contribution in [3.8, 4) is 5.75 Å². The highest BCUT2D eigenvalue weighted by atomic mass is 16.5. The normalized spacial score (nSPS) is 12.8. The first-order valence-electron chi connectivity index (χ1n) is 7.03. The molecule has 0 unspecified atom stereocenters. The Labute approximate surface area is 129 Å². The van der Waals surface area contributed by atoms with Crippen molar-refractivity contribution in [1.29, 1.82) is 0 Å². The molecule has 4 heteroatoms. The summed E-state index contributed by atoms with van der Waals surface area (Å²) < 4.78 is 10.1. The second-order valence-electron chi connectivity index (χ2n) is 5.03. The van der Waals surface area contributed by atoms with Gasteiger partial charge in [0.1, 0.15) is 5.75 Å². The molecule has 0 heterocycles. The van der Waals surface area contributed by atoms with Crippen molar-refractivity contribution in [3.63, 3.8) is 0 Å². The Balaban J connectivity index is 1.97. The van der Waals surface area contributed by atoms with E-state index >= 15 is 0 Å². The largest absolute Gasteiger partial charge is 0.497 e. The topological polar surface area (TPSA) is 47.6 Å². The van der Waals surface area contributed by atoms with Crippen molar-refractivity contribution < 1.29 is 14.3 Å². The average molecular weight is 295 g/mol. The highest BCUT2D eigenvalue weighted by molar-refractivity contribution is 6.03. The number of esters is 1. The van der Waals surface area contributed by atoms with E-state index in [9.17, 15) is 4.79 Å². The number of benzene rings is 2. The number of methoxy groups -OCH3 is 2. The molecule has 1 N–H and O–H groups in total. The monoisotopic (exact) mass is 295 g/mol. The van der Waals surface area contributed by atoms with Gasteiger partial charge < -0.3 is 14.8 Å². The second-order valence-corrected chi connectivity index (χ2v) is 5.03. The molecule has 22 heavy (non-hydrogen) atoms. The summed E-state index contributed by atoms with van der Waals surface area (Å²) >= 11 is 0. The van der Waals surface area contributed by atoms with Crippen molar-refractivity contribution in [2.75, 3.05) is 19.5 Å². The lowest BCUT2D eigenvalue weighted by molar-refractivity contribution is -0.136. The molecule has 0 bridgehead atoms. The summed E-state index contributed by atoms with van der Waals surface area (Å²) in [6, 6.07) is 15.6. The van der Waals surface area contributed by atoms with Crippen LogP contribution in [0.2, 0.25) is 0 Å². The fourth-order valence-electron chi connectivity index (χ4n) is 2.62. The van der Waals surface area contributed by atoms with Gasteiger partial charge in [-0.3, -0.25) is 0 Å². The fourth-order valence-corrected chi connectivity index (χ4v) is 2.62. The van der Waals surface area contributed by atoms with Gasteiger partial charge in [0.15, 0.2) is 0 Å².